The average Bonchev–Trinajstić information content (AvgIpc) is 2.81. The molecule has 2 amide bonds. The highest BCUT2D eigenvalue weighted by molar-refractivity contribution is 5.94. The third kappa shape index (κ3) is 7.22. The number of hydrogen-bond acceptors (Lipinski definition) is 5. The van der Waals surface area contributed by atoms with E-state index in [9.17, 15) is 14.4 Å². The van der Waals surface area contributed by atoms with Gasteiger partial charge in [0, 0.05) is 51.1 Å². The van der Waals surface area contributed by atoms with Crippen molar-refractivity contribution in [2.45, 2.75) is 19.4 Å². The summed E-state index contributed by atoms with van der Waals surface area (Å²) in [5.74, 6) is 0.367. The van der Waals surface area contributed by atoms with Gasteiger partial charge in [-0.2, -0.15) is 0 Å². The predicted octanol–water partition coefficient (Wildman–Crippen LogP) is 2.12. The molecule has 0 saturated carbocycles. The van der Waals surface area contributed by atoms with E-state index < -0.39 is 0 Å². The van der Waals surface area contributed by atoms with Crippen molar-refractivity contribution < 1.29 is 19.1 Å². The third-order valence-electron chi connectivity index (χ3n) is 5.25. The van der Waals surface area contributed by atoms with Crippen molar-refractivity contribution in [1.29, 1.82) is 0 Å². The van der Waals surface area contributed by atoms with Crippen molar-refractivity contribution in [2.24, 2.45) is 0 Å². The minimum Gasteiger partial charge on any atom is -0.486 e. The number of ketones is 1. The summed E-state index contributed by atoms with van der Waals surface area (Å²) in [6.45, 7) is 3.56. The lowest BCUT2D eigenvalue weighted by Gasteiger charge is -2.32. The molecule has 0 unspecified atom stereocenters. The number of ether oxygens (including phenoxy) is 1. The molecule has 1 heterocycles. The highest BCUT2D eigenvalue weighted by Gasteiger charge is 2.20. The van der Waals surface area contributed by atoms with Crippen molar-refractivity contribution >= 4 is 17.6 Å². The normalized spacial score (nSPS) is 14.2. The van der Waals surface area contributed by atoms with Gasteiger partial charge in [0.2, 0.25) is 5.91 Å². The van der Waals surface area contributed by atoms with Crippen molar-refractivity contribution in [3.63, 3.8) is 0 Å². The molecule has 7 nitrogen and oxygen atoms in total. The molecule has 1 N–H and O–H groups in total. The monoisotopic (exact) mass is 423 g/mol. The zero-order valence-corrected chi connectivity index (χ0v) is 17.9. The first kappa shape index (κ1) is 22.5. The van der Waals surface area contributed by atoms with Crippen LogP contribution >= 0.6 is 0 Å². The zero-order chi connectivity index (χ0) is 22.1. The number of carbonyl (C=O) groups excluding carboxylic acids is 3. The van der Waals surface area contributed by atoms with Gasteiger partial charge < -0.3 is 19.9 Å². The summed E-state index contributed by atoms with van der Waals surface area (Å²) in [6, 6.07) is 16.4. The van der Waals surface area contributed by atoms with Crippen LogP contribution in [0.5, 0.6) is 5.75 Å². The van der Waals surface area contributed by atoms with E-state index in [1.54, 1.807) is 24.3 Å². The number of hydrogen-bond donors (Lipinski definition) is 1. The van der Waals surface area contributed by atoms with Crippen LogP contribution in [0.4, 0.5) is 0 Å². The number of benzene rings is 2. The molecule has 0 aliphatic carbocycles. The van der Waals surface area contributed by atoms with E-state index in [1.807, 2.05) is 35.2 Å². The van der Waals surface area contributed by atoms with Gasteiger partial charge in [0.1, 0.15) is 12.4 Å². The van der Waals surface area contributed by atoms with E-state index in [0.29, 0.717) is 17.9 Å². The summed E-state index contributed by atoms with van der Waals surface area (Å²) in [5.41, 5.74) is 1.56. The molecule has 0 aromatic heterocycles. The molecule has 7 heteroatoms. The Kier molecular flexibility index (Phi) is 8.18. The molecule has 0 spiro atoms. The molecule has 1 aliphatic heterocycles. The summed E-state index contributed by atoms with van der Waals surface area (Å²) >= 11 is 0. The summed E-state index contributed by atoms with van der Waals surface area (Å²) in [6.07, 6.45) is 0.258. The molecule has 31 heavy (non-hydrogen) atoms. The Morgan fingerprint density at radius 2 is 1.58 bits per heavy atom. The van der Waals surface area contributed by atoms with E-state index in [0.717, 1.165) is 31.7 Å². The van der Waals surface area contributed by atoms with Gasteiger partial charge in [0.05, 0.1) is 0 Å². The number of likely N-dealkylation sites (N-methyl/N-ethyl adjacent to an activating group) is 1. The van der Waals surface area contributed by atoms with E-state index in [-0.39, 0.29) is 37.0 Å². The van der Waals surface area contributed by atoms with E-state index in [2.05, 4.69) is 17.3 Å². The molecule has 164 valence electrons. The number of carbonyl (C=O) groups is 3. The largest absolute Gasteiger partial charge is 0.486 e. The number of nitrogens with zero attached hydrogens (tertiary/aromatic N) is 2. The first-order valence-electron chi connectivity index (χ1n) is 10.5. The van der Waals surface area contributed by atoms with Gasteiger partial charge in [-0.05, 0) is 36.9 Å². The minimum absolute atomic E-state index is 0.0416. The van der Waals surface area contributed by atoms with Crippen molar-refractivity contribution in [2.75, 3.05) is 39.8 Å². The predicted molar refractivity (Wildman–Crippen MR) is 118 cm³/mol. The molecule has 0 bridgehead atoms. The maximum atomic E-state index is 12.6. The van der Waals surface area contributed by atoms with Gasteiger partial charge in [-0.1, -0.05) is 30.3 Å². The maximum Gasteiger partial charge on any atom is 0.253 e. The maximum absolute atomic E-state index is 12.6. The van der Waals surface area contributed by atoms with Crippen LogP contribution in [0.3, 0.4) is 0 Å². The van der Waals surface area contributed by atoms with Crippen LogP contribution in [0.15, 0.2) is 54.6 Å². The molecule has 1 saturated heterocycles. The number of nitrogens with one attached hydrogen (secondary N) is 1. The molecule has 1 aliphatic rings. The second-order valence-electron chi connectivity index (χ2n) is 7.71. The molecule has 1 fully saturated rings. The quantitative estimate of drug-likeness (QED) is 0.668. The number of Topliss-reactive ketones (excluding diaryl/α,β-unsaturated/α-hetero) is 1. The Hall–Kier alpha value is -3.19. The summed E-state index contributed by atoms with van der Waals surface area (Å²) in [7, 11) is 2.05. The molecular weight excluding hydrogens is 394 g/mol. The lowest BCUT2D eigenvalue weighted by Crippen LogP contribution is -2.47. The molecular formula is C24H29N3O4. The first-order valence-corrected chi connectivity index (χ1v) is 10.5. The van der Waals surface area contributed by atoms with Crippen LogP contribution in [0.2, 0.25) is 0 Å². The van der Waals surface area contributed by atoms with E-state index >= 15 is 0 Å². The lowest BCUT2D eigenvalue weighted by atomic mass is 10.1. The summed E-state index contributed by atoms with van der Waals surface area (Å²) in [4.78, 5) is 40.6. The smallest absolute Gasteiger partial charge is 0.253 e. The van der Waals surface area contributed by atoms with Crippen molar-refractivity contribution in [3.05, 3.63) is 65.7 Å². The van der Waals surface area contributed by atoms with Gasteiger partial charge in [-0.15, -0.1) is 0 Å². The van der Waals surface area contributed by atoms with Crippen LogP contribution < -0.4 is 10.1 Å². The standard InChI is InChI=1S/C24H29N3O4/c1-26-13-15-27(16-14-26)24(30)20-9-7-19(8-10-20)17-25-23(29)12-11-21(28)18-31-22-5-3-2-4-6-22/h2-10H,11-18H2,1H3,(H,25,29). The Balaban J connectivity index is 1.36. The average molecular weight is 424 g/mol. The van der Waals surface area contributed by atoms with Crippen LogP contribution in [-0.2, 0) is 16.1 Å². The topological polar surface area (TPSA) is 79.0 Å². The van der Waals surface area contributed by atoms with Gasteiger partial charge >= 0.3 is 0 Å². The lowest BCUT2D eigenvalue weighted by molar-refractivity contribution is -0.126. The fourth-order valence-electron chi connectivity index (χ4n) is 3.25. The first-order chi connectivity index (χ1) is 15.0. The molecule has 2 aromatic carbocycles. The Bertz CT molecular complexity index is 875. The Morgan fingerprint density at radius 1 is 0.903 bits per heavy atom. The van der Waals surface area contributed by atoms with E-state index in [4.69, 9.17) is 4.74 Å². The highest BCUT2D eigenvalue weighted by atomic mass is 16.5. The number of amides is 2. The van der Waals surface area contributed by atoms with Crippen molar-refractivity contribution in [3.8, 4) is 5.75 Å². The van der Waals surface area contributed by atoms with Crippen LogP contribution in [0, 0.1) is 0 Å². The second-order valence-corrected chi connectivity index (χ2v) is 7.71. The fraction of sp³-hybridized carbons (Fsp3) is 0.375. The number of para-hydroxylation sites is 1. The second kappa shape index (κ2) is 11.3. The fourth-order valence-corrected chi connectivity index (χ4v) is 3.25. The van der Waals surface area contributed by atoms with Crippen LogP contribution in [0.1, 0.15) is 28.8 Å². The molecule has 0 atom stereocenters. The van der Waals surface area contributed by atoms with Crippen LogP contribution in [-0.4, -0.2) is 67.2 Å². The van der Waals surface area contributed by atoms with Gasteiger partial charge in [0.15, 0.2) is 5.78 Å². The van der Waals surface area contributed by atoms with Gasteiger partial charge in [0.25, 0.3) is 5.91 Å². The van der Waals surface area contributed by atoms with Crippen molar-refractivity contribution in [1.82, 2.24) is 15.1 Å². The Morgan fingerprint density at radius 3 is 2.26 bits per heavy atom. The SMILES string of the molecule is CN1CCN(C(=O)c2ccc(CNC(=O)CCC(=O)COc3ccccc3)cc2)CC1. The Labute approximate surface area is 183 Å². The zero-order valence-electron chi connectivity index (χ0n) is 17.9. The number of rotatable bonds is 9. The van der Waals surface area contributed by atoms with Crippen LogP contribution in [0.25, 0.3) is 0 Å². The highest BCUT2D eigenvalue weighted by Crippen LogP contribution is 2.11. The van der Waals surface area contributed by atoms with Gasteiger partial charge in [-0.25, -0.2) is 0 Å². The van der Waals surface area contributed by atoms with Gasteiger partial charge in [-0.3, -0.25) is 14.4 Å². The number of piperazine rings is 1. The summed E-state index contributed by atoms with van der Waals surface area (Å²) in [5, 5.41) is 2.81. The third-order valence-corrected chi connectivity index (χ3v) is 5.25. The summed E-state index contributed by atoms with van der Waals surface area (Å²) < 4.78 is 5.39. The minimum atomic E-state index is -0.189. The molecule has 0 radical (unpaired) electrons. The molecule has 3 rings (SSSR count). The van der Waals surface area contributed by atoms with E-state index in [1.165, 1.54) is 0 Å². The molecule has 2 aromatic rings.